The lowest BCUT2D eigenvalue weighted by Crippen LogP contribution is -2.37. The van der Waals surface area contributed by atoms with Crippen molar-refractivity contribution in [1.29, 1.82) is 0 Å². The van der Waals surface area contributed by atoms with E-state index in [0.29, 0.717) is 38.5 Å². The maximum atomic E-state index is 11.1. The van der Waals surface area contributed by atoms with Gasteiger partial charge in [0.2, 0.25) is 5.95 Å². The molecular formula is C18H22N4O3. The van der Waals surface area contributed by atoms with Crippen LogP contribution in [0.1, 0.15) is 18.5 Å². The minimum atomic E-state index is -0.714. The Kier molecular flexibility index (Phi) is 5.45. The number of anilines is 3. The van der Waals surface area contributed by atoms with Crippen molar-refractivity contribution < 1.29 is 14.6 Å². The molecule has 0 aliphatic carbocycles. The van der Waals surface area contributed by atoms with E-state index in [0.717, 1.165) is 17.2 Å². The Bertz CT molecular complexity index is 716. The topological polar surface area (TPSA) is 87.6 Å². The molecule has 132 valence electrons. The van der Waals surface area contributed by atoms with Crippen molar-refractivity contribution in [1.82, 2.24) is 9.97 Å². The minimum absolute atomic E-state index is 0.265. The number of piperidine rings is 1. The highest BCUT2D eigenvalue weighted by Crippen LogP contribution is 2.24. The van der Waals surface area contributed by atoms with Gasteiger partial charge < -0.3 is 20.1 Å². The molecule has 25 heavy (non-hydrogen) atoms. The number of benzene rings is 1. The monoisotopic (exact) mass is 342 g/mol. The van der Waals surface area contributed by atoms with Crippen LogP contribution in [0.15, 0.2) is 36.4 Å². The Hall–Kier alpha value is -2.67. The summed E-state index contributed by atoms with van der Waals surface area (Å²) in [6.45, 7) is 1.74. The fourth-order valence-electron chi connectivity index (χ4n) is 2.93. The van der Waals surface area contributed by atoms with Gasteiger partial charge in [0.1, 0.15) is 5.82 Å². The molecule has 0 unspecified atom stereocenters. The first kappa shape index (κ1) is 17.2. The third-order valence-electron chi connectivity index (χ3n) is 4.26. The molecule has 0 atom stereocenters. The minimum Gasteiger partial charge on any atom is -0.481 e. The van der Waals surface area contributed by atoms with E-state index in [1.165, 1.54) is 0 Å². The molecule has 2 aromatic rings. The molecular weight excluding hydrogens is 320 g/mol. The second kappa shape index (κ2) is 7.94. The third-order valence-corrected chi connectivity index (χ3v) is 4.26. The lowest BCUT2D eigenvalue weighted by atomic mass is 9.97. The van der Waals surface area contributed by atoms with Gasteiger partial charge >= 0.3 is 5.97 Å². The molecule has 0 radical (unpaired) electrons. The smallest absolute Gasteiger partial charge is 0.306 e. The number of para-hydroxylation sites is 1. The number of nitrogens with zero attached hydrogens (tertiary/aromatic N) is 3. The zero-order valence-corrected chi connectivity index (χ0v) is 14.2. The van der Waals surface area contributed by atoms with Crippen LogP contribution >= 0.6 is 0 Å². The Labute approximate surface area is 146 Å². The summed E-state index contributed by atoms with van der Waals surface area (Å²) >= 11 is 0. The first-order chi connectivity index (χ1) is 12.2. The van der Waals surface area contributed by atoms with Gasteiger partial charge in [-0.3, -0.25) is 4.79 Å². The molecule has 1 aliphatic rings. The van der Waals surface area contributed by atoms with Gasteiger partial charge in [-0.15, -0.1) is 0 Å². The van der Waals surface area contributed by atoms with E-state index < -0.39 is 5.97 Å². The summed E-state index contributed by atoms with van der Waals surface area (Å²) in [4.78, 5) is 22.3. The summed E-state index contributed by atoms with van der Waals surface area (Å²) < 4.78 is 5.21. The number of aliphatic carboxylic acids is 1. The Balaban J connectivity index is 1.80. The van der Waals surface area contributed by atoms with E-state index in [4.69, 9.17) is 9.84 Å². The van der Waals surface area contributed by atoms with E-state index in [2.05, 4.69) is 20.2 Å². The van der Waals surface area contributed by atoms with Crippen molar-refractivity contribution in [3.63, 3.8) is 0 Å². The number of methoxy groups -OCH3 is 1. The molecule has 7 nitrogen and oxygen atoms in total. The Morgan fingerprint density at radius 1 is 1.28 bits per heavy atom. The molecule has 0 bridgehead atoms. The zero-order valence-electron chi connectivity index (χ0n) is 14.2. The number of hydrogen-bond acceptors (Lipinski definition) is 6. The second-order valence-electron chi connectivity index (χ2n) is 6.06. The van der Waals surface area contributed by atoms with Crippen LogP contribution in [-0.4, -0.2) is 41.2 Å². The molecule has 0 amide bonds. The van der Waals surface area contributed by atoms with Crippen LogP contribution in [-0.2, 0) is 16.1 Å². The Morgan fingerprint density at radius 2 is 2.00 bits per heavy atom. The molecule has 0 spiro atoms. The van der Waals surface area contributed by atoms with Crippen molar-refractivity contribution in [2.24, 2.45) is 5.92 Å². The third kappa shape index (κ3) is 4.45. The Morgan fingerprint density at radius 3 is 2.64 bits per heavy atom. The SMILES string of the molecule is COCc1cc(N2CCC(C(=O)O)CC2)nc(Nc2ccccc2)n1. The maximum absolute atomic E-state index is 11.1. The summed E-state index contributed by atoms with van der Waals surface area (Å²) in [5.74, 6) is 0.327. The number of aromatic nitrogens is 2. The van der Waals surface area contributed by atoms with E-state index in [-0.39, 0.29) is 5.92 Å². The highest BCUT2D eigenvalue weighted by Gasteiger charge is 2.25. The molecule has 2 N–H and O–H groups in total. The van der Waals surface area contributed by atoms with Gasteiger partial charge in [0, 0.05) is 32.0 Å². The van der Waals surface area contributed by atoms with Gasteiger partial charge in [0.25, 0.3) is 0 Å². The van der Waals surface area contributed by atoms with Crippen LogP contribution in [0, 0.1) is 5.92 Å². The lowest BCUT2D eigenvalue weighted by Gasteiger charge is -2.31. The fraction of sp³-hybridized carbons (Fsp3) is 0.389. The molecule has 1 saturated heterocycles. The molecule has 1 aromatic heterocycles. The molecule has 1 aliphatic heterocycles. The second-order valence-corrected chi connectivity index (χ2v) is 6.06. The van der Waals surface area contributed by atoms with E-state index in [9.17, 15) is 4.79 Å². The number of nitrogens with one attached hydrogen (secondary N) is 1. The number of hydrogen-bond donors (Lipinski definition) is 2. The van der Waals surface area contributed by atoms with Crippen molar-refractivity contribution >= 4 is 23.4 Å². The first-order valence-electron chi connectivity index (χ1n) is 8.32. The fourth-order valence-corrected chi connectivity index (χ4v) is 2.93. The summed E-state index contributed by atoms with van der Waals surface area (Å²) in [6.07, 6.45) is 1.25. The van der Waals surface area contributed by atoms with Crippen LogP contribution in [0.2, 0.25) is 0 Å². The summed E-state index contributed by atoms with van der Waals surface area (Å²) in [5, 5.41) is 12.4. The zero-order chi connectivity index (χ0) is 17.6. The van der Waals surface area contributed by atoms with Crippen LogP contribution < -0.4 is 10.2 Å². The predicted molar refractivity (Wildman–Crippen MR) is 95.0 cm³/mol. The first-order valence-corrected chi connectivity index (χ1v) is 8.32. The molecule has 2 heterocycles. The molecule has 1 fully saturated rings. The summed E-state index contributed by atoms with van der Waals surface area (Å²) in [7, 11) is 1.63. The number of rotatable bonds is 6. The van der Waals surface area contributed by atoms with Gasteiger partial charge in [0.05, 0.1) is 18.2 Å². The predicted octanol–water partition coefficient (Wildman–Crippen LogP) is 2.67. The average molecular weight is 342 g/mol. The quantitative estimate of drug-likeness (QED) is 0.834. The van der Waals surface area contributed by atoms with Crippen LogP contribution in [0.4, 0.5) is 17.5 Å². The van der Waals surface area contributed by atoms with Gasteiger partial charge in [0.15, 0.2) is 0 Å². The maximum Gasteiger partial charge on any atom is 0.306 e. The number of ether oxygens (including phenoxy) is 1. The average Bonchev–Trinajstić information content (AvgIpc) is 2.63. The lowest BCUT2D eigenvalue weighted by molar-refractivity contribution is -0.142. The van der Waals surface area contributed by atoms with Crippen LogP contribution in [0.3, 0.4) is 0 Å². The molecule has 7 heteroatoms. The van der Waals surface area contributed by atoms with Crippen molar-refractivity contribution in [2.45, 2.75) is 19.4 Å². The largest absolute Gasteiger partial charge is 0.481 e. The summed E-state index contributed by atoms with van der Waals surface area (Å²) in [5.41, 5.74) is 1.69. The highest BCUT2D eigenvalue weighted by molar-refractivity contribution is 5.70. The van der Waals surface area contributed by atoms with E-state index in [1.807, 2.05) is 36.4 Å². The number of carbonyl (C=O) groups is 1. The standard InChI is InChI=1S/C18H22N4O3/c1-25-12-15-11-16(22-9-7-13(8-10-22)17(23)24)21-18(20-15)19-14-5-3-2-4-6-14/h2-6,11,13H,7-10,12H2,1H3,(H,23,24)(H,19,20,21). The van der Waals surface area contributed by atoms with Gasteiger partial charge in [-0.05, 0) is 25.0 Å². The number of carboxylic acid groups (broad SMARTS) is 1. The summed E-state index contributed by atoms with van der Waals surface area (Å²) in [6, 6.07) is 11.6. The van der Waals surface area contributed by atoms with E-state index in [1.54, 1.807) is 7.11 Å². The number of carboxylic acids is 1. The molecule has 1 aromatic carbocycles. The van der Waals surface area contributed by atoms with Gasteiger partial charge in [-0.25, -0.2) is 4.98 Å². The highest BCUT2D eigenvalue weighted by atomic mass is 16.5. The van der Waals surface area contributed by atoms with Gasteiger partial charge in [-0.1, -0.05) is 18.2 Å². The normalized spacial score (nSPS) is 15.2. The van der Waals surface area contributed by atoms with Crippen molar-refractivity contribution in [2.75, 3.05) is 30.4 Å². The van der Waals surface area contributed by atoms with Crippen LogP contribution in [0.5, 0.6) is 0 Å². The van der Waals surface area contributed by atoms with Gasteiger partial charge in [-0.2, -0.15) is 4.98 Å². The van der Waals surface area contributed by atoms with Crippen LogP contribution in [0.25, 0.3) is 0 Å². The van der Waals surface area contributed by atoms with Crippen molar-refractivity contribution in [3.8, 4) is 0 Å². The molecule has 3 rings (SSSR count). The van der Waals surface area contributed by atoms with E-state index >= 15 is 0 Å². The van der Waals surface area contributed by atoms with Crippen molar-refractivity contribution in [3.05, 3.63) is 42.1 Å². The molecule has 0 saturated carbocycles.